The lowest BCUT2D eigenvalue weighted by molar-refractivity contribution is -0.130. The van der Waals surface area contributed by atoms with Crippen molar-refractivity contribution >= 4 is 35.2 Å². The van der Waals surface area contributed by atoms with Gasteiger partial charge in [0.1, 0.15) is 12.1 Å². The molecule has 2 aromatic rings. The van der Waals surface area contributed by atoms with Gasteiger partial charge in [0.05, 0.1) is 12.6 Å². The minimum atomic E-state index is -1.18. The van der Waals surface area contributed by atoms with Crippen LogP contribution in [-0.4, -0.2) is 75.7 Å². The minimum absolute atomic E-state index is 0.112. The van der Waals surface area contributed by atoms with Crippen LogP contribution in [0.3, 0.4) is 0 Å². The normalized spacial score (nSPS) is 19.1. The van der Waals surface area contributed by atoms with Crippen LogP contribution >= 0.6 is 11.6 Å². The molecule has 198 valence electrons. The molecule has 4 rings (SSSR count). The highest BCUT2D eigenvalue weighted by molar-refractivity contribution is 6.31. The number of carboxylic acid groups (broad SMARTS) is 1. The molecule has 2 atom stereocenters. The molecular weight excluding hydrogens is 496 g/mol. The Morgan fingerprint density at radius 1 is 1.11 bits per heavy atom. The molecule has 4 N–H and O–H groups in total. The number of amides is 3. The Hall–Kier alpha value is -3.14. The van der Waals surface area contributed by atoms with Crippen molar-refractivity contribution in [1.82, 2.24) is 15.1 Å². The Morgan fingerprint density at radius 3 is 2.49 bits per heavy atom. The van der Waals surface area contributed by atoms with Gasteiger partial charge in [-0.3, -0.25) is 14.5 Å². The van der Waals surface area contributed by atoms with Gasteiger partial charge in [-0.15, -0.1) is 0 Å². The van der Waals surface area contributed by atoms with Crippen LogP contribution in [0.25, 0.3) is 0 Å². The molecule has 3 amide bonds. The third-order valence-electron chi connectivity index (χ3n) is 7.15. The van der Waals surface area contributed by atoms with Crippen molar-refractivity contribution < 1.29 is 24.6 Å². The molecule has 0 aliphatic carbocycles. The Kier molecular flexibility index (Phi) is 8.68. The Morgan fingerprint density at radius 2 is 1.81 bits per heavy atom. The molecule has 2 aliphatic rings. The summed E-state index contributed by atoms with van der Waals surface area (Å²) >= 11 is 6.11. The van der Waals surface area contributed by atoms with E-state index in [2.05, 4.69) is 15.5 Å². The summed E-state index contributed by atoms with van der Waals surface area (Å²) in [6.45, 7) is 3.93. The number of carbonyl (C=O) groups excluding carboxylic acids is 2. The van der Waals surface area contributed by atoms with E-state index < -0.39 is 24.1 Å². The fourth-order valence-electron chi connectivity index (χ4n) is 4.90. The number of rotatable bonds is 7. The highest BCUT2D eigenvalue weighted by Gasteiger charge is 2.36. The van der Waals surface area contributed by atoms with Gasteiger partial charge in [0, 0.05) is 36.8 Å². The first-order valence-corrected chi connectivity index (χ1v) is 12.9. The number of piperidine rings is 1. The fraction of sp³-hybridized carbons (Fsp3) is 0.444. The van der Waals surface area contributed by atoms with Gasteiger partial charge < -0.3 is 25.7 Å². The summed E-state index contributed by atoms with van der Waals surface area (Å²) in [6, 6.07) is 10.8. The molecule has 2 aliphatic heterocycles. The van der Waals surface area contributed by atoms with Gasteiger partial charge in [0.2, 0.25) is 11.8 Å². The number of fused-ring (bicyclic) bond motifs is 1. The molecule has 2 aromatic carbocycles. The first kappa shape index (κ1) is 26.9. The predicted molar refractivity (Wildman–Crippen MR) is 141 cm³/mol. The zero-order chi connectivity index (χ0) is 26.5. The van der Waals surface area contributed by atoms with Crippen LogP contribution in [0.2, 0.25) is 5.02 Å². The van der Waals surface area contributed by atoms with Gasteiger partial charge in [0.25, 0.3) is 0 Å². The maximum absolute atomic E-state index is 13.4. The second-order valence-electron chi connectivity index (χ2n) is 9.77. The maximum Gasteiger partial charge on any atom is 0.408 e. The Bertz CT molecular complexity index is 1150. The zero-order valence-electron chi connectivity index (χ0n) is 20.8. The summed E-state index contributed by atoms with van der Waals surface area (Å²) in [7, 11) is 0. The Labute approximate surface area is 221 Å². The third kappa shape index (κ3) is 6.80. The van der Waals surface area contributed by atoms with Crippen molar-refractivity contribution in [2.75, 3.05) is 25.0 Å². The molecule has 2 heterocycles. The van der Waals surface area contributed by atoms with Crippen molar-refractivity contribution in [1.29, 1.82) is 0 Å². The van der Waals surface area contributed by atoms with Crippen molar-refractivity contribution in [3.05, 3.63) is 64.2 Å². The summed E-state index contributed by atoms with van der Waals surface area (Å²) in [5.74, 6) is -0.886. The molecule has 1 fully saturated rings. The van der Waals surface area contributed by atoms with E-state index in [0.29, 0.717) is 49.6 Å². The molecule has 37 heavy (non-hydrogen) atoms. The average molecular weight is 529 g/mol. The van der Waals surface area contributed by atoms with Gasteiger partial charge in [-0.1, -0.05) is 35.9 Å². The third-order valence-corrected chi connectivity index (χ3v) is 7.57. The molecule has 9 nitrogen and oxygen atoms in total. The second kappa shape index (κ2) is 11.9. The van der Waals surface area contributed by atoms with Crippen LogP contribution in [0.5, 0.6) is 0 Å². The van der Waals surface area contributed by atoms with Crippen molar-refractivity contribution in [3.8, 4) is 0 Å². The predicted octanol–water partition coefficient (Wildman–Crippen LogP) is 3.02. The van der Waals surface area contributed by atoms with Crippen LogP contribution in [0, 0.1) is 6.92 Å². The SMILES string of the molecule is Cc1cc(NC(=O)[C@H](CCN2CCC(O)CC2)NC(=O)[C@@H]2Cc3ccccc3CN2C(=O)O)ccc1Cl. The second-order valence-corrected chi connectivity index (χ2v) is 10.2. The van der Waals surface area contributed by atoms with E-state index in [-0.39, 0.29) is 25.0 Å². The average Bonchev–Trinajstić information content (AvgIpc) is 2.88. The zero-order valence-corrected chi connectivity index (χ0v) is 21.6. The lowest BCUT2D eigenvalue weighted by Crippen LogP contribution is -2.56. The number of nitrogens with zero attached hydrogens (tertiary/aromatic N) is 2. The smallest absolute Gasteiger partial charge is 0.408 e. The number of aliphatic hydroxyl groups is 1. The highest BCUT2D eigenvalue weighted by Crippen LogP contribution is 2.24. The number of nitrogens with one attached hydrogen (secondary N) is 2. The van der Waals surface area contributed by atoms with Crippen LogP contribution in [0.1, 0.15) is 36.0 Å². The quantitative estimate of drug-likeness (QED) is 0.438. The monoisotopic (exact) mass is 528 g/mol. The number of carbonyl (C=O) groups is 3. The number of halogens is 1. The highest BCUT2D eigenvalue weighted by atomic mass is 35.5. The van der Waals surface area contributed by atoms with Crippen LogP contribution in [-0.2, 0) is 22.6 Å². The van der Waals surface area contributed by atoms with E-state index in [0.717, 1.165) is 21.6 Å². The lowest BCUT2D eigenvalue weighted by Gasteiger charge is -2.35. The topological polar surface area (TPSA) is 122 Å². The first-order valence-electron chi connectivity index (χ1n) is 12.6. The number of likely N-dealkylation sites (tertiary alicyclic amines) is 1. The largest absolute Gasteiger partial charge is 0.465 e. The minimum Gasteiger partial charge on any atom is -0.465 e. The molecule has 0 unspecified atom stereocenters. The number of benzene rings is 2. The van der Waals surface area contributed by atoms with E-state index in [1.807, 2.05) is 31.2 Å². The summed E-state index contributed by atoms with van der Waals surface area (Å²) in [5, 5.41) is 25.9. The number of hydrogen-bond donors (Lipinski definition) is 4. The van der Waals surface area contributed by atoms with E-state index in [4.69, 9.17) is 11.6 Å². The molecule has 0 aromatic heterocycles. The number of hydrogen-bond acceptors (Lipinski definition) is 5. The van der Waals surface area contributed by atoms with Gasteiger partial charge in [0.15, 0.2) is 0 Å². The maximum atomic E-state index is 13.4. The molecular formula is C27H33ClN4O5. The number of aryl methyl sites for hydroxylation is 1. The Balaban J connectivity index is 1.49. The number of aliphatic hydroxyl groups excluding tert-OH is 1. The fourth-order valence-corrected chi connectivity index (χ4v) is 5.02. The lowest BCUT2D eigenvalue weighted by atomic mass is 9.93. The molecule has 1 saturated heterocycles. The van der Waals surface area contributed by atoms with E-state index >= 15 is 0 Å². The van der Waals surface area contributed by atoms with Crippen LogP contribution in [0.4, 0.5) is 10.5 Å². The molecule has 10 heteroatoms. The summed E-state index contributed by atoms with van der Waals surface area (Å²) in [6.07, 6.45) is 0.433. The van der Waals surface area contributed by atoms with Crippen LogP contribution < -0.4 is 10.6 Å². The van der Waals surface area contributed by atoms with E-state index in [1.54, 1.807) is 18.2 Å². The first-order chi connectivity index (χ1) is 17.7. The molecule has 0 saturated carbocycles. The summed E-state index contributed by atoms with van der Waals surface area (Å²) in [4.78, 5) is 42.0. The number of anilines is 1. The van der Waals surface area contributed by atoms with Gasteiger partial charge in [-0.05, 0) is 61.1 Å². The van der Waals surface area contributed by atoms with Gasteiger partial charge >= 0.3 is 6.09 Å². The summed E-state index contributed by atoms with van der Waals surface area (Å²) in [5.41, 5.74) is 3.16. The van der Waals surface area contributed by atoms with Crippen molar-refractivity contribution in [3.63, 3.8) is 0 Å². The molecule has 0 bridgehead atoms. The van der Waals surface area contributed by atoms with Crippen molar-refractivity contribution in [2.45, 2.75) is 57.3 Å². The van der Waals surface area contributed by atoms with Gasteiger partial charge in [-0.25, -0.2) is 4.79 Å². The van der Waals surface area contributed by atoms with Crippen molar-refractivity contribution in [2.24, 2.45) is 0 Å². The molecule has 0 radical (unpaired) electrons. The summed E-state index contributed by atoms with van der Waals surface area (Å²) < 4.78 is 0. The molecule has 0 spiro atoms. The van der Waals surface area contributed by atoms with E-state index in [9.17, 15) is 24.6 Å². The standard InChI is InChI=1S/C27H33ClN4O5/c1-17-14-20(6-7-22(17)28)29-25(34)23(10-13-31-11-8-21(33)9-12-31)30-26(35)24-15-18-4-2-3-5-19(18)16-32(24)27(36)37/h2-7,14,21,23-24,33H,8-13,15-16H2,1H3,(H,29,34)(H,30,35)(H,36,37)/t23-,24-/m0/s1. The van der Waals surface area contributed by atoms with Crippen LogP contribution in [0.15, 0.2) is 42.5 Å². The van der Waals surface area contributed by atoms with Gasteiger partial charge in [-0.2, -0.15) is 0 Å². The van der Waals surface area contributed by atoms with E-state index in [1.165, 1.54) is 0 Å².